The Kier molecular flexibility index (Phi) is 2.98. The molecule has 0 aliphatic rings. The van der Waals surface area contributed by atoms with Gasteiger partial charge in [0, 0.05) is 13.0 Å². The van der Waals surface area contributed by atoms with Gasteiger partial charge < -0.3 is 5.11 Å². The molecule has 0 aliphatic heterocycles. The van der Waals surface area contributed by atoms with Crippen molar-refractivity contribution >= 4 is 0 Å². The smallest absolute Gasteiger partial charge is 0.175 e. The minimum Gasteiger partial charge on any atom is -0.396 e. The molecule has 0 saturated heterocycles. The van der Waals surface area contributed by atoms with Crippen molar-refractivity contribution in [2.24, 2.45) is 12.5 Å². The number of aryl methyl sites for hydroxylation is 1. The van der Waals surface area contributed by atoms with Crippen LogP contribution in [0.1, 0.15) is 26.1 Å². The van der Waals surface area contributed by atoms with Crippen molar-refractivity contribution in [1.82, 2.24) is 20.2 Å². The average molecular weight is 184 g/mol. The van der Waals surface area contributed by atoms with Gasteiger partial charge in [-0.05, 0) is 17.0 Å². The van der Waals surface area contributed by atoms with E-state index in [0.717, 1.165) is 6.42 Å². The second-order valence-electron chi connectivity index (χ2n) is 3.69. The molecule has 5 heteroatoms. The summed E-state index contributed by atoms with van der Waals surface area (Å²) in [6.45, 7) is 4.22. The molecule has 74 valence electrons. The van der Waals surface area contributed by atoms with Gasteiger partial charge in [0.15, 0.2) is 5.82 Å². The van der Waals surface area contributed by atoms with Crippen LogP contribution < -0.4 is 0 Å². The van der Waals surface area contributed by atoms with E-state index in [2.05, 4.69) is 15.4 Å². The van der Waals surface area contributed by atoms with E-state index in [1.165, 1.54) is 4.80 Å². The number of aliphatic hydroxyl groups is 1. The molecule has 0 spiro atoms. The minimum absolute atomic E-state index is 0.122. The summed E-state index contributed by atoms with van der Waals surface area (Å²) in [6, 6.07) is 0. The van der Waals surface area contributed by atoms with Crippen molar-refractivity contribution in [2.75, 3.05) is 6.61 Å². The maximum absolute atomic E-state index is 9.17. The molecular weight excluding hydrogens is 168 g/mol. The normalized spacial score (nSPS) is 15.7. The molecule has 1 aromatic rings. The van der Waals surface area contributed by atoms with Gasteiger partial charge >= 0.3 is 0 Å². The standard InChI is InChI=1S/C8H16N4O/c1-4-8(2,6-13)5-7-9-11-12(3)10-7/h13H,4-6H2,1-3H3. The largest absolute Gasteiger partial charge is 0.396 e. The molecule has 5 nitrogen and oxygen atoms in total. The van der Waals surface area contributed by atoms with E-state index in [1.54, 1.807) is 7.05 Å². The highest BCUT2D eigenvalue weighted by molar-refractivity contribution is 4.87. The van der Waals surface area contributed by atoms with Crippen molar-refractivity contribution in [1.29, 1.82) is 0 Å². The number of aliphatic hydroxyl groups excluding tert-OH is 1. The van der Waals surface area contributed by atoms with Gasteiger partial charge in [-0.1, -0.05) is 13.8 Å². The lowest BCUT2D eigenvalue weighted by molar-refractivity contribution is 0.135. The van der Waals surface area contributed by atoms with Crippen LogP contribution in [0.25, 0.3) is 0 Å². The molecule has 0 aliphatic carbocycles. The Morgan fingerprint density at radius 2 is 2.23 bits per heavy atom. The van der Waals surface area contributed by atoms with Crippen molar-refractivity contribution in [3.05, 3.63) is 5.82 Å². The highest BCUT2D eigenvalue weighted by Crippen LogP contribution is 2.23. The topological polar surface area (TPSA) is 63.8 Å². The molecule has 0 aromatic carbocycles. The van der Waals surface area contributed by atoms with Gasteiger partial charge in [0.2, 0.25) is 0 Å². The van der Waals surface area contributed by atoms with E-state index in [1.807, 2.05) is 13.8 Å². The van der Waals surface area contributed by atoms with E-state index in [9.17, 15) is 5.11 Å². The van der Waals surface area contributed by atoms with E-state index in [4.69, 9.17) is 0 Å². The number of aromatic nitrogens is 4. The third-order valence-corrected chi connectivity index (χ3v) is 2.37. The van der Waals surface area contributed by atoms with Gasteiger partial charge in [-0.15, -0.1) is 10.2 Å². The van der Waals surface area contributed by atoms with Gasteiger partial charge in [-0.3, -0.25) is 0 Å². The summed E-state index contributed by atoms with van der Waals surface area (Å²) in [7, 11) is 1.73. The molecule has 0 bridgehead atoms. The van der Waals surface area contributed by atoms with Crippen LogP contribution in [0.2, 0.25) is 0 Å². The van der Waals surface area contributed by atoms with Crippen molar-refractivity contribution in [3.8, 4) is 0 Å². The number of tetrazole rings is 1. The molecule has 13 heavy (non-hydrogen) atoms. The zero-order chi connectivity index (χ0) is 9.90. The highest BCUT2D eigenvalue weighted by atomic mass is 16.3. The molecule has 1 atom stereocenters. The Morgan fingerprint density at radius 3 is 2.62 bits per heavy atom. The Morgan fingerprint density at radius 1 is 1.54 bits per heavy atom. The van der Waals surface area contributed by atoms with E-state index >= 15 is 0 Å². The monoisotopic (exact) mass is 184 g/mol. The lowest BCUT2D eigenvalue weighted by Gasteiger charge is -2.23. The van der Waals surface area contributed by atoms with Gasteiger partial charge in [0.05, 0.1) is 7.05 Å². The van der Waals surface area contributed by atoms with Crippen LogP contribution in [-0.2, 0) is 13.5 Å². The molecule has 1 N–H and O–H groups in total. The number of hydrogen-bond donors (Lipinski definition) is 1. The molecule has 1 heterocycles. The molecular formula is C8H16N4O. The highest BCUT2D eigenvalue weighted by Gasteiger charge is 2.23. The van der Waals surface area contributed by atoms with Gasteiger partial charge in [0.25, 0.3) is 0 Å². The summed E-state index contributed by atoms with van der Waals surface area (Å²) in [5.41, 5.74) is -0.122. The average Bonchev–Trinajstić information content (AvgIpc) is 2.51. The van der Waals surface area contributed by atoms with Crippen LogP contribution in [0, 0.1) is 5.41 Å². The quantitative estimate of drug-likeness (QED) is 0.724. The van der Waals surface area contributed by atoms with Crippen molar-refractivity contribution in [3.63, 3.8) is 0 Å². The lowest BCUT2D eigenvalue weighted by atomic mass is 9.85. The summed E-state index contributed by atoms with van der Waals surface area (Å²) in [4.78, 5) is 1.43. The zero-order valence-corrected chi connectivity index (χ0v) is 8.36. The minimum atomic E-state index is -0.122. The summed E-state index contributed by atoms with van der Waals surface area (Å²) < 4.78 is 0. The number of rotatable bonds is 4. The number of hydrogen-bond acceptors (Lipinski definition) is 4. The number of nitrogens with zero attached hydrogens (tertiary/aromatic N) is 4. The molecule has 1 aromatic heterocycles. The Balaban J connectivity index is 2.67. The van der Waals surface area contributed by atoms with Crippen molar-refractivity contribution < 1.29 is 5.11 Å². The third kappa shape index (κ3) is 2.48. The molecule has 0 radical (unpaired) electrons. The summed E-state index contributed by atoms with van der Waals surface area (Å²) in [5, 5.41) is 20.9. The van der Waals surface area contributed by atoms with Crippen LogP contribution in [-0.4, -0.2) is 31.9 Å². The fourth-order valence-corrected chi connectivity index (χ4v) is 1.07. The fraction of sp³-hybridized carbons (Fsp3) is 0.875. The first-order valence-corrected chi connectivity index (χ1v) is 4.43. The van der Waals surface area contributed by atoms with Gasteiger partial charge in [-0.25, -0.2) is 0 Å². The Bertz CT molecular complexity index is 267. The first-order chi connectivity index (χ1) is 6.09. The van der Waals surface area contributed by atoms with Crippen LogP contribution in [0.3, 0.4) is 0 Å². The van der Waals surface area contributed by atoms with Crippen LogP contribution in [0.15, 0.2) is 0 Å². The SMILES string of the molecule is CCC(C)(CO)Cc1nnn(C)n1. The molecule has 0 saturated carbocycles. The molecule has 1 rings (SSSR count). The molecule has 0 amide bonds. The van der Waals surface area contributed by atoms with E-state index in [-0.39, 0.29) is 12.0 Å². The van der Waals surface area contributed by atoms with Crippen molar-refractivity contribution in [2.45, 2.75) is 26.7 Å². The van der Waals surface area contributed by atoms with E-state index < -0.39 is 0 Å². The first kappa shape index (κ1) is 10.1. The zero-order valence-electron chi connectivity index (χ0n) is 8.36. The predicted octanol–water partition coefficient (Wildman–Crippen LogP) is 0.161. The maximum Gasteiger partial charge on any atom is 0.175 e. The summed E-state index contributed by atoms with van der Waals surface area (Å²) >= 11 is 0. The second kappa shape index (κ2) is 3.83. The molecule has 1 unspecified atom stereocenters. The Hall–Kier alpha value is -0.970. The van der Waals surface area contributed by atoms with E-state index in [0.29, 0.717) is 12.2 Å². The summed E-state index contributed by atoms with van der Waals surface area (Å²) in [6.07, 6.45) is 1.58. The predicted molar refractivity (Wildman–Crippen MR) is 48.0 cm³/mol. The lowest BCUT2D eigenvalue weighted by Crippen LogP contribution is -2.24. The van der Waals surface area contributed by atoms with Crippen LogP contribution >= 0.6 is 0 Å². The Labute approximate surface area is 77.8 Å². The van der Waals surface area contributed by atoms with Crippen LogP contribution in [0.4, 0.5) is 0 Å². The van der Waals surface area contributed by atoms with Crippen LogP contribution in [0.5, 0.6) is 0 Å². The van der Waals surface area contributed by atoms with Gasteiger partial charge in [0.1, 0.15) is 0 Å². The first-order valence-electron chi connectivity index (χ1n) is 4.43. The maximum atomic E-state index is 9.17. The van der Waals surface area contributed by atoms with Gasteiger partial charge in [-0.2, -0.15) is 4.80 Å². The third-order valence-electron chi connectivity index (χ3n) is 2.37. The summed E-state index contributed by atoms with van der Waals surface area (Å²) in [5.74, 6) is 0.695. The second-order valence-corrected chi connectivity index (χ2v) is 3.69. The fourth-order valence-electron chi connectivity index (χ4n) is 1.07. The molecule has 0 fully saturated rings.